The van der Waals surface area contributed by atoms with Crippen LogP contribution in [0.25, 0.3) is 0 Å². The van der Waals surface area contributed by atoms with Crippen LogP contribution >= 0.6 is 12.2 Å². The van der Waals surface area contributed by atoms with Crippen LogP contribution in [0, 0.1) is 12.8 Å². The maximum atomic E-state index is 12.5. The Morgan fingerprint density at radius 3 is 2.45 bits per heavy atom. The van der Waals surface area contributed by atoms with Crippen molar-refractivity contribution in [3.63, 3.8) is 0 Å². The molecule has 3 N–H and O–H groups in total. The third kappa shape index (κ3) is 4.01. The highest BCUT2D eigenvalue weighted by molar-refractivity contribution is 7.89. The molecule has 4 nitrogen and oxygen atoms in total. The number of hydrogen-bond acceptors (Lipinski definition) is 3. The van der Waals surface area contributed by atoms with Gasteiger partial charge in [-0.05, 0) is 30.9 Å². The van der Waals surface area contributed by atoms with Crippen molar-refractivity contribution in [1.29, 1.82) is 0 Å². The Labute approximate surface area is 126 Å². The van der Waals surface area contributed by atoms with Crippen LogP contribution in [0.4, 0.5) is 0 Å². The van der Waals surface area contributed by atoms with Crippen LogP contribution in [0.5, 0.6) is 0 Å². The molecule has 0 fully saturated rings. The number of hydrogen-bond donors (Lipinski definition) is 2. The van der Waals surface area contributed by atoms with Crippen molar-refractivity contribution < 1.29 is 8.42 Å². The van der Waals surface area contributed by atoms with E-state index in [4.69, 9.17) is 18.0 Å². The largest absolute Gasteiger partial charge is 0.389 e. The number of benzene rings is 1. The summed E-state index contributed by atoms with van der Waals surface area (Å²) in [4.78, 5) is 0.430. The first-order chi connectivity index (χ1) is 9.19. The van der Waals surface area contributed by atoms with Crippen molar-refractivity contribution in [1.82, 2.24) is 4.72 Å². The summed E-state index contributed by atoms with van der Waals surface area (Å²) in [6.07, 6.45) is 0.741. The first kappa shape index (κ1) is 17.1. The summed E-state index contributed by atoms with van der Waals surface area (Å²) < 4.78 is 27.8. The highest BCUT2D eigenvalue weighted by Gasteiger charge is 2.23. The van der Waals surface area contributed by atoms with Crippen molar-refractivity contribution >= 4 is 27.2 Å². The molecule has 0 saturated heterocycles. The van der Waals surface area contributed by atoms with Crippen molar-refractivity contribution in [3.8, 4) is 0 Å². The summed E-state index contributed by atoms with van der Waals surface area (Å²) in [6.45, 7) is 7.71. The Morgan fingerprint density at radius 1 is 1.40 bits per heavy atom. The van der Waals surface area contributed by atoms with Gasteiger partial charge in [0.05, 0.1) is 4.90 Å². The second-order valence-corrected chi connectivity index (χ2v) is 7.35. The third-order valence-electron chi connectivity index (χ3n) is 3.31. The molecule has 0 radical (unpaired) electrons. The van der Waals surface area contributed by atoms with Gasteiger partial charge in [-0.25, -0.2) is 13.1 Å². The van der Waals surface area contributed by atoms with Gasteiger partial charge in [-0.2, -0.15) is 0 Å². The molecule has 1 atom stereocenters. The molecule has 0 bridgehead atoms. The van der Waals surface area contributed by atoms with Gasteiger partial charge in [0, 0.05) is 11.6 Å². The van der Waals surface area contributed by atoms with Gasteiger partial charge in [0.1, 0.15) is 4.99 Å². The predicted octanol–water partition coefficient (Wildman–Crippen LogP) is 2.34. The predicted molar refractivity (Wildman–Crippen MR) is 86.3 cm³/mol. The first-order valence-electron chi connectivity index (χ1n) is 6.61. The molecule has 0 amide bonds. The van der Waals surface area contributed by atoms with Crippen molar-refractivity contribution in [3.05, 3.63) is 29.3 Å². The second-order valence-electron chi connectivity index (χ2n) is 5.22. The number of aryl methyl sites for hydroxylation is 1. The average molecular weight is 314 g/mol. The van der Waals surface area contributed by atoms with Gasteiger partial charge in [-0.15, -0.1) is 0 Å². The van der Waals surface area contributed by atoms with Crippen LogP contribution < -0.4 is 10.5 Å². The van der Waals surface area contributed by atoms with Crippen LogP contribution in [0.15, 0.2) is 23.1 Å². The van der Waals surface area contributed by atoms with Crippen molar-refractivity contribution in [2.45, 2.75) is 45.1 Å². The lowest BCUT2D eigenvalue weighted by molar-refractivity contribution is 0.437. The smallest absolute Gasteiger partial charge is 0.241 e. The van der Waals surface area contributed by atoms with Crippen LogP contribution in [0.2, 0.25) is 0 Å². The standard InChI is InChI=1S/C14H22N2O2S2/c1-5-12(9(2)3)16-20(17,18)13-8-11(14(15)19)7-6-10(13)4/h6-9,12,16H,5H2,1-4H3,(H2,15,19). The fourth-order valence-electron chi connectivity index (χ4n) is 2.00. The molecule has 0 aliphatic rings. The van der Waals surface area contributed by atoms with Gasteiger partial charge >= 0.3 is 0 Å². The monoisotopic (exact) mass is 314 g/mol. The van der Waals surface area contributed by atoms with Crippen LogP contribution in [0.3, 0.4) is 0 Å². The lowest BCUT2D eigenvalue weighted by atomic mass is 10.0. The molecule has 112 valence electrons. The molecule has 1 aromatic carbocycles. The van der Waals surface area contributed by atoms with E-state index in [1.54, 1.807) is 19.1 Å². The molecular formula is C14H22N2O2S2. The molecule has 6 heteroatoms. The zero-order valence-electron chi connectivity index (χ0n) is 12.3. The minimum atomic E-state index is -3.57. The zero-order valence-corrected chi connectivity index (χ0v) is 13.9. The van der Waals surface area contributed by atoms with E-state index < -0.39 is 10.0 Å². The molecule has 0 aliphatic carbocycles. The quantitative estimate of drug-likeness (QED) is 0.791. The van der Waals surface area contributed by atoms with Crippen LogP contribution in [0.1, 0.15) is 38.3 Å². The Kier molecular flexibility index (Phi) is 5.68. The second kappa shape index (κ2) is 6.65. The highest BCUT2D eigenvalue weighted by atomic mass is 32.2. The molecule has 0 spiro atoms. The Balaban J connectivity index is 3.21. The van der Waals surface area contributed by atoms with E-state index in [0.29, 0.717) is 11.1 Å². The van der Waals surface area contributed by atoms with E-state index in [0.717, 1.165) is 6.42 Å². The fourth-order valence-corrected chi connectivity index (χ4v) is 3.86. The van der Waals surface area contributed by atoms with Gasteiger partial charge in [0.15, 0.2) is 0 Å². The van der Waals surface area contributed by atoms with Crippen molar-refractivity contribution in [2.75, 3.05) is 0 Å². The van der Waals surface area contributed by atoms with E-state index in [9.17, 15) is 8.42 Å². The SMILES string of the molecule is CCC(NS(=O)(=O)c1cc(C(N)=S)ccc1C)C(C)C. The number of nitrogens with one attached hydrogen (secondary N) is 1. The van der Waals surface area contributed by atoms with Crippen LogP contribution in [-0.2, 0) is 10.0 Å². The molecule has 20 heavy (non-hydrogen) atoms. The van der Waals surface area contributed by atoms with E-state index >= 15 is 0 Å². The number of nitrogens with two attached hydrogens (primary N) is 1. The van der Waals surface area contributed by atoms with Gasteiger partial charge in [-0.3, -0.25) is 0 Å². The normalized spacial score (nSPS) is 13.4. The fraction of sp³-hybridized carbons (Fsp3) is 0.500. The lowest BCUT2D eigenvalue weighted by Crippen LogP contribution is -2.38. The molecule has 0 aromatic heterocycles. The molecule has 1 aromatic rings. The number of sulfonamides is 1. The summed E-state index contributed by atoms with van der Waals surface area (Å²) in [5.74, 6) is 0.230. The van der Waals surface area contributed by atoms with Gasteiger partial charge in [-0.1, -0.05) is 45.1 Å². The van der Waals surface area contributed by atoms with Gasteiger partial charge < -0.3 is 5.73 Å². The number of thiocarbonyl (C=S) groups is 1. The lowest BCUT2D eigenvalue weighted by Gasteiger charge is -2.21. The van der Waals surface area contributed by atoms with Crippen LogP contribution in [-0.4, -0.2) is 19.4 Å². The number of rotatable bonds is 6. The third-order valence-corrected chi connectivity index (χ3v) is 5.18. The summed E-state index contributed by atoms with van der Waals surface area (Å²) in [5, 5.41) is 0. The topological polar surface area (TPSA) is 72.2 Å². The molecule has 0 aliphatic heterocycles. The first-order valence-corrected chi connectivity index (χ1v) is 8.51. The summed E-state index contributed by atoms with van der Waals surface area (Å²) >= 11 is 4.90. The Hall–Kier alpha value is -0.980. The minimum Gasteiger partial charge on any atom is -0.389 e. The van der Waals surface area contributed by atoms with E-state index in [1.807, 2.05) is 20.8 Å². The zero-order chi connectivity index (χ0) is 15.5. The molecule has 0 saturated carbocycles. The summed E-state index contributed by atoms with van der Waals surface area (Å²) in [7, 11) is -3.57. The molecule has 1 rings (SSSR count). The maximum Gasteiger partial charge on any atom is 0.241 e. The molecular weight excluding hydrogens is 292 g/mol. The summed E-state index contributed by atoms with van der Waals surface area (Å²) in [5.41, 5.74) is 6.80. The Bertz CT molecular complexity index is 595. The maximum absolute atomic E-state index is 12.5. The highest BCUT2D eigenvalue weighted by Crippen LogP contribution is 2.19. The van der Waals surface area contributed by atoms with E-state index in [1.165, 1.54) is 6.07 Å². The van der Waals surface area contributed by atoms with Crippen molar-refractivity contribution in [2.24, 2.45) is 11.7 Å². The molecule has 0 heterocycles. The van der Waals surface area contributed by atoms with E-state index in [-0.39, 0.29) is 21.8 Å². The summed E-state index contributed by atoms with van der Waals surface area (Å²) in [6, 6.07) is 4.90. The Morgan fingerprint density at radius 2 is 2.00 bits per heavy atom. The minimum absolute atomic E-state index is 0.0899. The molecule has 1 unspecified atom stereocenters. The van der Waals surface area contributed by atoms with E-state index in [2.05, 4.69) is 4.72 Å². The van der Waals surface area contributed by atoms with Gasteiger partial charge in [0.2, 0.25) is 10.0 Å². The average Bonchev–Trinajstić information content (AvgIpc) is 2.35. The van der Waals surface area contributed by atoms with Gasteiger partial charge in [0.25, 0.3) is 0 Å².